The van der Waals surface area contributed by atoms with Crippen molar-refractivity contribution in [3.05, 3.63) is 40.9 Å². The zero-order valence-corrected chi connectivity index (χ0v) is 17.9. The lowest BCUT2D eigenvalue weighted by Gasteiger charge is -2.30. The molecule has 1 atom stereocenters. The first kappa shape index (κ1) is 20.1. The van der Waals surface area contributed by atoms with Gasteiger partial charge in [0, 0.05) is 12.6 Å². The van der Waals surface area contributed by atoms with E-state index in [1.54, 1.807) is 4.90 Å². The summed E-state index contributed by atoms with van der Waals surface area (Å²) in [7, 11) is -3.05. The molecule has 3 rings (SSSR count). The van der Waals surface area contributed by atoms with Gasteiger partial charge in [-0.1, -0.05) is 44.2 Å². The van der Waals surface area contributed by atoms with Gasteiger partial charge < -0.3 is 9.64 Å². The molecule has 2 aromatic carbocycles. The van der Waals surface area contributed by atoms with Crippen LogP contribution in [0.1, 0.15) is 20.3 Å². The monoisotopic (exact) mass is 453 g/mol. The van der Waals surface area contributed by atoms with E-state index in [-0.39, 0.29) is 36.0 Å². The molecule has 1 unspecified atom stereocenters. The molecule has 2 aromatic rings. The largest absolute Gasteiger partial charge is 0.483 e. The molecule has 1 heterocycles. The number of fused-ring (bicyclic) bond motifs is 1. The lowest BCUT2D eigenvalue weighted by Crippen LogP contribution is -2.45. The average molecular weight is 454 g/mol. The highest BCUT2D eigenvalue weighted by Gasteiger charge is 2.35. The summed E-state index contributed by atoms with van der Waals surface area (Å²) in [5, 5.41) is 2.10. The molecule has 0 N–H and O–H groups in total. The van der Waals surface area contributed by atoms with Gasteiger partial charge in [0.25, 0.3) is 5.91 Å². The van der Waals surface area contributed by atoms with Gasteiger partial charge in [0.05, 0.1) is 16.0 Å². The maximum Gasteiger partial charge on any atom is 0.260 e. The van der Waals surface area contributed by atoms with Crippen LogP contribution in [0.5, 0.6) is 5.75 Å². The molecule has 27 heavy (non-hydrogen) atoms. The van der Waals surface area contributed by atoms with E-state index < -0.39 is 9.84 Å². The van der Waals surface area contributed by atoms with Crippen LogP contribution in [0, 0.1) is 5.92 Å². The van der Waals surface area contributed by atoms with E-state index in [1.807, 2.05) is 50.2 Å². The number of hydrogen-bond donors (Lipinski definition) is 0. The number of rotatable bonds is 6. The molecule has 146 valence electrons. The fourth-order valence-corrected chi connectivity index (χ4v) is 5.75. The zero-order chi connectivity index (χ0) is 19.6. The summed E-state index contributed by atoms with van der Waals surface area (Å²) >= 11 is 3.56. The van der Waals surface area contributed by atoms with Crippen molar-refractivity contribution in [3.8, 4) is 5.75 Å². The third-order valence-corrected chi connectivity index (χ3v) is 7.28. The Labute approximate surface area is 168 Å². The van der Waals surface area contributed by atoms with Crippen molar-refractivity contribution in [1.82, 2.24) is 4.90 Å². The van der Waals surface area contributed by atoms with Gasteiger partial charge in [-0.15, -0.1) is 0 Å². The highest BCUT2D eigenvalue weighted by atomic mass is 79.9. The highest BCUT2D eigenvalue weighted by molar-refractivity contribution is 9.10. The molecule has 0 bridgehead atoms. The molecule has 1 amide bonds. The molecular formula is C20H24BrNO4S. The number of carbonyl (C=O) groups excluding carboxylic acids is 1. The fourth-order valence-electron chi connectivity index (χ4n) is 3.42. The van der Waals surface area contributed by atoms with Crippen molar-refractivity contribution in [3.63, 3.8) is 0 Å². The number of hydrogen-bond acceptors (Lipinski definition) is 4. The number of sulfone groups is 1. The SMILES string of the molecule is CC(C)CN(C(=O)COc1ccc2ccccc2c1Br)C1CCS(=O)(=O)C1. The van der Waals surface area contributed by atoms with Gasteiger partial charge in [-0.05, 0) is 45.1 Å². The summed E-state index contributed by atoms with van der Waals surface area (Å²) < 4.78 is 30.3. The summed E-state index contributed by atoms with van der Waals surface area (Å²) in [6.45, 7) is 4.45. The van der Waals surface area contributed by atoms with Crippen LogP contribution in [0.15, 0.2) is 40.9 Å². The van der Waals surface area contributed by atoms with Gasteiger partial charge in [-0.3, -0.25) is 4.79 Å². The normalized spacial score (nSPS) is 18.7. The van der Waals surface area contributed by atoms with Crippen LogP contribution < -0.4 is 4.74 Å². The molecule has 0 spiro atoms. The Kier molecular flexibility index (Phi) is 6.11. The molecule has 0 saturated carbocycles. The first-order chi connectivity index (χ1) is 12.8. The minimum Gasteiger partial charge on any atom is -0.483 e. The Morgan fingerprint density at radius 2 is 2.00 bits per heavy atom. The molecule has 1 fully saturated rings. The van der Waals surface area contributed by atoms with Gasteiger partial charge >= 0.3 is 0 Å². The second-order valence-corrected chi connectivity index (χ2v) is 10.4. The summed E-state index contributed by atoms with van der Waals surface area (Å²) in [4.78, 5) is 14.5. The van der Waals surface area contributed by atoms with Crippen molar-refractivity contribution in [2.45, 2.75) is 26.3 Å². The van der Waals surface area contributed by atoms with E-state index in [0.29, 0.717) is 18.7 Å². The van der Waals surface area contributed by atoms with Gasteiger partial charge in [0.2, 0.25) is 0 Å². The van der Waals surface area contributed by atoms with Crippen molar-refractivity contribution >= 4 is 42.4 Å². The minimum atomic E-state index is -3.05. The third kappa shape index (κ3) is 4.82. The topological polar surface area (TPSA) is 63.7 Å². The van der Waals surface area contributed by atoms with E-state index in [2.05, 4.69) is 15.9 Å². The second-order valence-electron chi connectivity index (χ2n) is 7.38. The van der Waals surface area contributed by atoms with Gasteiger partial charge in [-0.2, -0.15) is 0 Å². The Balaban J connectivity index is 1.73. The molecule has 1 aliphatic heterocycles. The molecule has 5 nitrogen and oxygen atoms in total. The Bertz CT molecular complexity index is 942. The Morgan fingerprint density at radius 1 is 1.26 bits per heavy atom. The van der Waals surface area contributed by atoms with Gasteiger partial charge in [0.1, 0.15) is 5.75 Å². The molecule has 7 heteroatoms. The Morgan fingerprint density at radius 3 is 2.67 bits per heavy atom. The molecular weight excluding hydrogens is 430 g/mol. The number of ether oxygens (including phenoxy) is 1. The highest BCUT2D eigenvalue weighted by Crippen LogP contribution is 2.33. The van der Waals surface area contributed by atoms with Gasteiger partial charge in [0.15, 0.2) is 16.4 Å². The van der Waals surface area contributed by atoms with Crippen molar-refractivity contribution in [1.29, 1.82) is 0 Å². The third-order valence-electron chi connectivity index (χ3n) is 4.71. The van der Waals surface area contributed by atoms with Crippen molar-refractivity contribution in [2.24, 2.45) is 5.92 Å². The maximum atomic E-state index is 12.8. The van der Waals surface area contributed by atoms with Crippen molar-refractivity contribution in [2.75, 3.05) is 24.7 Å². The summed E-state index contributed by atoms with van der Waals surface area (Å²) in [5.41, 5.74) is 0. The predicted octanol–water partition coefficient (Wildman–Crippen LogP) is 3.65. The van der Waals surface area contributed by atoms with Crippen molar-refractivity contribution < 1.29 is 17.9 Å². The van der Waals surface area contributed by atoms with E-state index in [1.165, 1.54) is 0 Å². The second kappa shape index (κ2) is 8.19. The number of carbonyl (C=O) groups is 1. The fraction of sp³-hybridized carbons (Fsp3) is 0.450. The van der Waals surface area contributed by atoms with E-state index >= 15 is 0 Å². The first-order valence-electron chi connectivity index (χ1n) is 9.07. The van der Waals surface area contributed by atoms with E-state index in [9.17, 15) is 13.2 Å². The summed E-state index contributed by atoms with van der Waals surface area (Å²) in [6.07, 6.45) is 0.500. The van der Waals surface area contributed by atoms with Crippen LogP contribution >= 0.6 is 15.9 Å². The van der Waals surface area contributed by atoms with E-state index in [4.69, 9.17) is 4.74 Å². The van der Waals surface area contributed by atoms with Crippen LogP contribution in [0.25, 0.3) is 10.8 Å². The van der Waals surface area contributed by atoms with Crippen LogP contribution in [0.2, 0.25) is 0 Å². The van der Waals surface area contributed by atoms with E-state index in [0.717, 1.165) is 15.2 Å². The first-order valence-corrected chi connectivity index (χ1v) is 11.7. The minimum absolute atomic E-state index is 0.0468. The number of amides is 1. The molecule has 1 aliphatic rings. The summed E-state index contributed by atoms with van der Waals surface area (Å²) in [5.74, 6) is 0.878. The zero-order valence-electron chi connectivity index (χ0n) is 15.5. The lowest BCUT2D eigenvalue weighted by molar-refractivity contribution is -0.135. The number of halogens is 1. The van der Waals surface area contributed by atoms with Crippen LogP contribution in [-0.2, 0) is 14.6 Å². The summed E-state index contributed by atoms with van der Waals surface area (Å²) in [6, 6.07) is 11.5. The number of nitrogens with zero attached hydrogens (tertiary/aromatic N) is 1. The standard InChI is InChI=1S/C20H24BrNO4S/c1-14(2)11-22(16-9-10-27(24,25)13-16)19(23)12-26-18-8-7-15-5-3-4-6-17(15)20(18)21/h3-8,14,16H,9-13H2,1-2H3. The average Bonchev–Trinajstić information content (AvgIpc) is 2.98. The molecule has 1 saturated heterocycles. The predicted molar refractivity (Wildman–Crippen MR) is 111 cm³/mol. The Hall–Kier alpha value is -1.60. The molecule has 0 radical (unpaired) electrons. The van der Waals surface area contributed by atoms with Crippen LogP contribution in [0.4, 0.5) is 0 Å². The molecule has 0 aromatic heterocycles. The lowest BCUT2D eigenvalue weighted by atomic mass is 10.1. The molecule has 0 aliphatic carbocycles. The van der Waals surface area contributed by atoms with Crippen LogP contribution in [0.3, 0.4) is 0 Å². The quantitative estimate of drug-likeness (QED) is 0.669. The smallest absolute Gasteiger partial charge is 0.260 e. The van der Waals surface area contributed by atoms with Gasteiger partial charge in [-0.25, -0.2) is 8.42 Å². The van der Waals surface area contributed by atoms with Crippen LogP contribution in [-0.4, -0.2) is 49.9 Å². The number of benzene rings is 2. The maximum absolute atomic E-state index is 12.8.